The molecule has 1 aromatic rings. The zero-order valence-electron chi connectivity index (χ0n) is 9.16. The minimum atomic E-state index is -0.214. The Morgan fingerprint density at radius 2 is 2.19 bits per heavy atom. The summed E-state index contributed by atoms with van der Waals surface area (Å²) in [5, 5.41) is 0.654. The number of carbonyl (C=O) groups is 1. The van der Waals surface area contributed by atoms with Crippen molar-refractivity contribution in [2.75, 3.05) is 20.0 Å². The van der Waals surface area contributed by atoms with Crippen LogP contribution in [0.25, 0.3) is 0 Å². The molecule has 0 saturated carbocycles. The second-order valence-electron chi connectivity index (χ2n) is 2.97. The molecular formula is C11H13ClO3S. The van der Waals surface area contributed by atoms with Crippen LogP contribution in [-0.2, 0) is 9.53 Å². The summed E-state index contributed by atoms with van der Waals surface area (Å²) in [7, 11) is 2.99. The lowest BCUT2D eigenvalue weighted by molar-refractivity contribution is -0.140. The normalized spacial score (nSPS) is 9.94. The summed E-state index contributed by atoms with van der Waals surface area (Å²) in [6, 6.07) is 5.40. The molecule has 0 bridgehead atoms. The van der Waals surface area contributed by atoms with Crippen LogP contribution in [0.2, 0.25) is 5.02 Å². The second-order valence-corrected chi connectivity index (χ2v) is 4.54. The maximum Gasteiger partial charge on any atom is 0.306 e. The zero-order chi connectivity index (χ0) is 12.0. The number of hydrogen-bond acceptors (Lipinski definition) is 4. The fraction of sp³-hybridized carbons (Fsp3) is 0.364. The number of benzene rings is 1. The van der Waals surface area contributed by atoms with E-state index in [9.17, 15) is 4.79 Å². The fourth-order valence-electron chi connectivity index (χ4n) is 1.11. The van der Waals surface area contributed by atoms with Crippen molar-refractivity contribution in [1.82, 2.24) is 0 Å². The zero-order valence-corrected chi connectivity index (χ0v) is 10.7. The van der Waals surface area contributed by atoms with Crippen molar-refractivity contribution >= 4 is 29.3 Å². The van der Waals surface area contributed by atoms with Gasteiger partial charge in [0.25, 0.3) is 0 Å². The Bertz CT molecular complexity index is 368. The van der Waals surface area contributed by atoms with E-state index in [1.54, 1.807) is 13.2 Å². The number of hydrogen-bond donors (Lipinski definition) is 0. The first-order valence-electron chi connectivity index (χ1n) is 4.70. The van der Waals surface area contributed by atoms with E-state index < -0.39 is 0 Å². The number of halogens is 1. The molecule has 0 aromatic heterocycles. The van der Waals surface area contributed by atoms with Gasteiger partial charge in [0.2, 0.25) is 0 Å². The second kappa shape index (κ2) is 6.66. The number of rotatable bonds is 5. The highest BCUT2D eigenvalue weighted by Crippen LogP contribution is 2.32. The van der Waals surface area contributed by atoms with Crippen LogP contribution in [0.4, 0.5) is 0 Å². The van der Waals surface area contributed by atoms with E-state index in [0.717, 1.165) is 10.6 Å². The van der Waals surface area contributed by atoms with E-state index >= 15 is 0 Å². The van der Waals surface area contributed by atoms with Crippen molar-refractivity contribution < 1.29 is 14.3 Å². The van der Waals surface area contributed by atoms with Gasteiger partial charge in [-0.15, -0.1) is 11.8 Å². The molecule has 0 saturated heterocycles. The molecule has 0 atom stereocenters. The Labute approximate surface area is 104 Å². The Morgan fingerprint density at radius 3 is 2.81 bits per heavy atom. The van der Waals surface area contributed by atoms with Gasteiger partial charge in [-0.05, 0) is 18.2 Å². The summed E-state index contributed by atoms with van der Waals surface area (Å²) in [5.74, 6) is 1.19. The highest BCUT2D eigenvalue weighted by atomic mass is 35.5. The summed E-state index contributed by atoms with van der Waals surface area (Å²) < 4.78 is 9.75. The number of methoxy groups -OCH3 is 2. The van der Waals surface area contributed by atoms with Crippen LogP contribution in [0.1, 0.15) is 6.42 Å². The molecule has 88 valence electrons. The average Bonchev–Trinajstić information content (AvgIpc) is 2.29. The first kappa shape index (κ1) is 13.2. The van der Waals surface area contributed by atoms with Crippen molar-refractivity contribution in [2.45, 2.75) is 11.3 Å². The molecule has 16 heavy (non-hydrogen) atoms. The van der Waals surface area contributed by atoms with Crippen molar-refractivity contribution in [3.05, 3.63) is 23.2 Å². The van der Waals surface area contributed by atoms with Crippen molar-refractivity contribution in [1.29, 1.82) is 0 Å². The molecule has 0 aliphatic rings. The van der Waals surface area contributed by atoms with E-state index in [2.05, 4.69) is 4.74 Å². The maximum absolute atomic E-state index is 10.9. The molecule has 1 aromatic carbocycles. The van der Waals surface area contributed by atoms with E-state index in [1.165, 1.54) is 18.9 Å². The van der Waals surface area contributed by atoms with Gasteiger partial charge in [-0.25, -0.2) is 0 Å². The largest absolute Gasteiger partial charge is 0.496 e. The number of ether oxygens (including phenoxy) is 2. The Balaban J connectivity index is 2.58. The van der Waals surface area contributed by atoms with Crippen molar-refractivity contribution in [3.63, 3.8) is 0 Å². The van der Waals surface area contributed by atoms with Crippen LogP contribution in [0.15, 0.2) is 23.1 Å². The molecule has 0 N–H and O–H groups in total. The van der Waals surface area contributed by atoms with Crippen molar-refractivity contribution in [3.8, 4) is 5.75 Å². The third-order valence-corrected chi connectivity index (χ3v) is 3.19. The average molecular weight is 261 g/mol. The first-order chi connectivity index (χ1) is 7.67. The quantitative estimate of drug-likeness (QED) is 0.602. The molecule has 0 heterocycles. The van der Waals surface area contributed by atoms with Gasteiger partial charge in [0.1, 0.15) is 5.75 Å². The molecule has 0 aliphatic carbocycles. The third kappa shape index (κ3) is 3.94. The summed E-state index contributed by atoms with van der Waals surface area (Å²) in [6.45, 7) is 0. The van der Waals surface area contributed by atoms with Gasteiger partial charge in [-0.1, -0.05) is 11.6 Å². The predicted molar refractivity (Wildman–Crippen MR) is 65.4 cm³/mol. The monoisotopic (exact) mass is 260 g/mol. The van der Waals surface area contributed by atoms with E-state index in [0.29, 0.717) is 17.2 Å². The van der Waals surface area contributed by atoms with E-state index in [1.807, 2.05) is 12.1 Å². The van der Waals surface area contributed by atoms with Crippen LogP contribution in [0.5, 0.6) is 5.75 Å². The lowest BCUT2D eigenvalue weighted by Crippen LogP contribution is -2.01. The SMILES string of the molecule is COC(=O)CCSc1cc(Cl)ccc1OC. The highest BCUT2D eigenvalue weighted by molar-refractivity contribution is 7.99. The fourth-order valence-corrected chi connectivity index (χ4v) is 2.34. The van der Waals surface area contributed by atoms with Crippen LogP contribution in [0.3, 0.4) is 0 Å². The molecule has 5 heteroatoms. The van der Waals surface area contributed by atoms with E-state index in [4.69, 9.17) is 16.3 Å². The Morgan fingerprint density at radius 1 is 1.44 bits per heavy atom. The lowest BCUT2D eigenvalue weighted by atomic mass is 10.3. The Kier molecular flexibility index (Phi) is 5.49. The van der Waals surface area contributed by atoms with Gasteiger partial charge in [0.05, 0.1) is 25.5 Å². The topological polar surface area (TPSA) is 35.5 Å². The molecule has 0 spiro atoms. The smallest absolute Gasteiger partial charge is 0.306 e. The van der Waals surface area contributed by atoms with Gasteiger partial charge in [-0.3, -0.25) is 4.79 Å². The highest BCUT2D eigenvalue weighted by Gasteiger charge is 2.06. The molecule has 1 rings (SSSR count). The Hall–Kier alpha value is -0.870. The third-order valence-electron chi connectivity index (χ3n) is 1.92. The minimum absolute atomic E-state index is 0.214. The van der Waals surface area contributed by atoms with Gasteiger partial charge in [0.15, 0.2) is 0 Å². The molecule has 0 unspecified atom stereocenters. The maximum atomic E-state index is 10.9. The van der Waals surface area contributed by atoms with Crippen LogP contribution >= 0.6 is 23.4 Å². The number of carbonyl (C=O) groups excluding carboxylic acids is 1. The molecule has 3 nitrogen and oxygen atoms in total. The summed E-state index contributed by atoms with van der Waals surface area (Å²) in [4.78, 5) is 11.9. The molecule has 0 aliphatic heterocycles. The lowest BCUT2D eigenvalue weighted by Gasteiger charge is -2.07. The van der Waals surface area contributed by atoms with Gasteiger partial charge in [-0.2, -0.15) is 0 Å². The van der Waals surface area contributed by atoms with Crippen LogP contribution < -0.4 is 4.74 Å². The van der Waals surface area contributed by atoms with Gasteiger partial charge in [0, 0.05) is 10.8 Å². The van der Waals surface area contributed by atoms with Gasteiger partial charge < -0.3 is 9.47 Å². The standard InChI is InChI=1S/C11H13ClO3S/c1-14-9-4-3-8(12)7-10(9)16-6-5-11(13)15-2/h3-4,7H,5-6H2,1-2H3. The summed E-state index contributed by atoms with van der Waals surface area (Å²) in [6.07, 6.45) is 0.372. The number of esters is 1. The molecule has 0 fully saturated rings. The van der Waals surface area contributed by atoms with Gasteiger partial charge >= 0.3 is 5.97 Å². The van der Waals surface area contributed by atoms with Crippen LogP contribution in [0, 0.1) is 0 Å². The predicted octanol–water partition coefficient (Wildman–Crippen LogP) is 3.00. The summed E-state index contributed by atoms with van der Waals surface area (Å²) in [5.41, 5.74) is 0. The van der Waals surface area contributed by atoms with Crippen LogP contribution in [-0.4, -0.2) is 25.9 Å². The molecule has 0 amide bonds. The molecular weight excluding hydrogens is 248 g/mol. The first-order valence-corrected chi connectivity index (χ1v) is 6.07. The van der Waals surface area contributed by atoms with Crippen molar-refractivity contribution in [2.24, 2.45) is 0 Å². The number of thioether (sulfide) groups is 1. The summed E-state index contributed by atoms with van der Waals surface area (Å²) >= 11 is 7.40. The van der Waals surface area contributed by atoms with E-state index in [-0.39, 0.29) is 5.97 Å². The molecule has 0 radical (unpaired) electrons. The minimum Gasteiger partial charge on any atom is -0.496 e.